The van der Waals surface area contributed by atoms with E-state index in [2.05, 4.69) is 20.6 Å². The molecular formula is C24H23N5O2. The molecule has 1 aliphatic rings. The Balaban J connectivity index is 1.38. The Morgan fingerprint density at radius 2 is 1.94 bits per heavy atom. The molecule has 7 nitrogen and oxygen atoms in total. The Hall–Kier alpha value is -3.87. The predicted molar refractivity (Wildman–Crippen MR) is 119 cm³/mol. The van der Waals surface area contributed by atoms with E-state index in [4.69, 9.17) is 4.74 Å². The molecule has 1 fully saturated rings. The Kier molecular flexibility index (Phi) is 5.00. The zero-order valence-electron chi connectivity index (χ0n) is 17.2. The maximum absolute atomic E-state index is 12.2. The number of benzene rings is 2. The summed E-state index contributed by atoms with van der Waals surface area (Å²) < 4.78 is 7.42. The smallest absolute Gasteiger partial charge is 0.251 e. The highest BCUT2D eigenvalue weighted by Gasteiger charge is 2.23. The van der Waals surface area contributed by atoms with Crippen molar-refractivity contribution in [3.05, 3.63) is 78.2 Å². The summed E-state index contributed by atoms with van der Waals surface area (Å²) in [5.41, 5.74) is 4.37. The van der Waals surface area contributed by atoms with E-state index in [9.17, 15) is 4.79 Å². The Morgan fingerprint density at radius 1 is 1.13 bits per heavy atom. The van der Waals surface area contributed by atoms with Gasteiger partial charge >= 0.3 is 0 Å². The highest BCUT2D eigenvalue weighted by molar-refractivity contribution is 5.95. The second-order valence-electron chi connectivity index (χ2n) is 7.60. The number of carbonyl (C=O) groups is 1. The highest BCUT2D eigenvalue weighted by atomic mass is 16.5. The van der Waals surface area contributed by atoms with E-state index in [1.54, 1.807) is 13.3 Å². The van der Waals surface area contributed by atoms with Crippen molar-refractivity contribution in [2.45, 2.75) is 25.4 Å². The first-order valence-corrected chi connectivity index (χ1v) is 10.3. The molecule has 156 valence electrons. The maximum Gasteiger partial charge on any atom is 0.251 e. The third-order valence-corrected chi connectivity index (χ3v) is 5.42. The minimum absolute atomic E-state index is 0.0146. The largest absolute Gasteiger partial charge is 0.496 e. The molecule has 0 unspecified atom stereocenters. The third kappa shape index (κ3) is 3.94. The van der Waals surface area contributed by atoms with Crippen molar-refractivity contribution in [2.75, 3.05) is 12.4 Å². The first-order chi connectivity index (χ1) is 15.2. The number of ether oxygens (including phenoxy) is 1. The summed E-state index contributed by atoms with van der Waals surface area (Å²) in [7, 11) is 1.67. The van der Waals surface area contributed by atoms with Gasteiger partial charge in [-0.3, -0.25) is 9.20 Å². The molecule has 0 bridgehead atoms. The molecule has 0 spiro atoms. The average Bonchev–Trinajstić information content (AvgIpc) is 3.52. The predicted octanol–water partition coefficient (Wildman–Crippen LogP) is 3.91. The summed E-state index contributed by atoms with van der Waals surface area (Å²) in [4.78, 5) is 21.3. The van der Waals surface area contributed by atoms with Gasteiger partial charge in [-0.05, 0) is 31.0 Å². The van der Waals surface area contributed by atoms with E-state index in [0.29, 0.717) is 24.0 Å². The van der Waals surface area contributed by atoms with Gasteiger partial charge < -0.3 is 15.4 Å². The number of methoxy groups -OCH3 is 1. The van der Waals surface area contributed by atoms with Gasteiger partial charge in [0.15, 0.2) is 11.5 Å². The lowest BCUT2D eigenvalue weighted by atomic mass is 10.1. The number of carbonyl (C=O) groups excluding carboxylic acids is 1. The molecule has 1 aliphatic carbocycles. The quantitative estimate of drug-likeness (QED) is 0.480. The summed E-state index contributed by atoms with van der Waals surface area (Å²) >= 11 is 0. The summed E-state index contributed by atoms with van der Waals surface area (Å²) in [6.45, 7) is 0.573. The fraction of sp³-hybridized carbons (Fsp3) is 0.208. The molecule has 2 aromatic carbocycles. The fourth-order valence-corrected chi connectivity index (χ4v) is 3.57. The topological polar surface area (TPSA) is 80.5 Å². The van der Waals surface area contributed by atoms with Gasteiger partial charge in [-0.25, -0.2) is 9.97 Å². The number of amides is 1. The first-order valence-electron chi connectivity index (χ1n) is 10.3. The van der Waals surface area contributed by atoms with Crippen molar-refractivity contribution in [3.63, 3.8) is 0 Å². The van der Waals surface area contributed by atoms with Gasteiger partial charge in [0.05, 0.1) is 19.0 Å². The number of nitrogens with one attached hydrogen (secondary N) is 2. The molecule has 0 atom stereocenters. The summed E-state index contributed by atoms with van der Waals surface area (Å²) in [5, 5.41) is 6.38. The van der Waals surface area contributed by atoms with Crippen LogP contribution in [-0.4, -0.2) is 33.4 Å². The summed E-state index contributed by atoms with van der Waals surface area (Å²) in [6, 6.07) is 15.8. The molecule has 4 aromatic rings. The zero-order chi connectivity index (χ0) is 21.2. The van der Waals surface area contributed by atoms with Crippen LogP contribution in [0, 0.1) is 0 Å². The number of anilines is 1. The number of hydrogen-bond donors (Lipinski definition) is 2. The van der Waals surface area contributed by atoms with Crippen molar-refractivity contribution < 1.29 is 9.53 Å². The third-order valence-electron chi connectivity index (χ3n) is 5.42. The van der Waals surface area contributed by atoms with Gasteiger partial charge in [0, 0.05) is 41.7 Å². The zero-order valence-corrected chi connectivity index (χ0v) is 17.2. The molecular weight excluding hydrogens is 390 g/mol. The Labute approximate surface area is 180 Å². The second-order valence-corrected chi connectivity index (χ2v) is 7.60. The van der Waals surface area contributed by atoms with Crippen LogP contribution in [0.25, 0.3) is 16.9 Å². The lowest BCUT2D eigenvalue weighted by Gasteiger charge is -2.11. The van der Waals surface area contributed by atoms with Crippen molar-refractivity contribution in [2.24, 2.45) is 0 Å². The second kappa shape index (κ2) is 8.10. The number of fused-ring (bicyclic) bond motifs is 1. The average molecular weight is 413 g/mol. The van der Waals surface area contributed by atoms with Crippen LogP contribution in [0.15, 0.2) is 67.1 Å². The number of hydrogen-bond acceptors (Lipinski definition) is 5. The van der Waals surface area contributed by atoms with Crippen LogP contribution >= 0.6 is 0 Å². The molecule has 2 aromatic heterocycles. The van der Waals surface area contributed by atoms with Crippen molar-refractivity contribution >= 4 is 17.4 Å². The first kappa shape index (κ1) is 19.1. The van der Waals surface area contributed by atoms with Gasteiger partial charge in [0.25, 0.3) is 5.91 Å². The minimum Gasteiger partial charge on any atom is -0.496 e. The number of nitrogens with zero attached hydrogens (tertiary/aromatic N) is 3. The van der Waals surface area contributed by atoms with Crippen LogP contribution in [0.4, 0.5) is 5.82 Å². The molecule has 1 saturated carbocycles. The van der Waals surface area contributed by atoms with Crippen molar-refractivity contribution in [3.8, 4) is 17.0 Å². The van der Waals surface area contributed by atoms with Crippen molar-refractivity contribution in [1.82, 2.24) is 19.7 Å². The standard InChI is InChI=1S/C24H23N5O2/c1-31-21-5-3-2-4-18(21)14-26-22-23-27-15-20(29(23)13-12-25-22)16-6-8-17(9-7-16)24(30)28-19-10-11-19/h2-9,12-13,15,19H,10-11,14H2,1H3,(H,25,26)(H,28,30). The maximum atomic E-state index is 12.2. The van der Waals surface area contributed by atoms with Crippen LogP contribution in [0.2, 0.25) is 0 Å². The minimum atomic E-state index is -0.0146. The SMILES string of the molecule is COc1ccccc1CNc1nccn2c(-c3ccc(C(=O)NC4CC4)cc3)cnc12. The van der Waals surface area contributed by atoms with Crippen LogP contribution in [0.3, 0.4) is 0 Å². The summed E-state index contributed by atoms with van der Waals surface area (Å²) in [6.07, 6.45) is 7.62. The molecule has 2 N–H and O–H groups in total. The molecule has 7 heteroatoms. The van der Waals surface area contributed by atoms with Gasteiger partial charge in [-0.15, -0.1) is 0 Å². The lowest BCUT2D eigenvalue weighted by Crippen LogP contribution is -2.25. The molecule has 2 heterocycles. The van der Waals surface area contributed by atoms with Crippen LogP contribution < -0.4 is 15.4 Å². The Morgan fingerprint density at radius 3 is 2.71 bits per heavy atom. The molecule has 0 saturated heterocycles. The monoisotopic (exact) mass is 413 g/mol. The van der Waals surface area contributed by atoms with Gasteiger partial charge in [0.1, 0.15) is 5.75 Å². The molecule has 0 aliphatic heterocycles. The van der Waals surface area contributed by atoms with Crippen LogP contribution in [-0.2, 0) is 6.54 Å². The van der Waals surface area contributed by atoms with Crippen LogP contribution in [0.5, 0.6) is 5.75 Å². The highest BCUT2D eigenvalue weighted by Crippen LogP contribution is 2.25. The normalized spacial score (nSPS) is 13.2. The summed E-state index contributed by atoms with van der Waals surface area (Å²) in [5.74, 6) is 1.51. The fourth-order valence-electron chi connectivity index (χ4n) is 3.57. The van der Waals surface area contributed by atoms with E-state index >= 15 is 0 Å². The van der Waals surface area contributed by atoms with E-state index in [1.165, 1.54) is 0 Å². The number of rotatable bonds is 7. The van der Waals surface area contributed by atoms with E-state index < -0.39 is 0 Å². The Bertz CT molecular complexity index is 1230. The number of aromatic nitrogens is 3. The molecule has 0 radical (unpaired) electrons. The van der Waals surface area contributed by atoms with E-state index in [1.807, 2.05) is 65.3 Å². The number of para-hydroxylation sites is 1. The van der Waals surface area contributed by atoms with Gasteiger partial charge in [-0.2, -0.15) is 0 Å². The molecule has 1 amide bonds. The molecule has 5 rings (SSSR count). The van der Waals surface area contributed by atoms with E-state index in [0.717, 1.165) is 41.1 Å². The van der Waals surface area contributed by atoms with Gasteiger partial charge in [0.2, 0.25) is 0 Å². The number of imidazole rings is 1. The van der Waals surface area contributed by atoms with E-state index in [-0.39, 0.29) is 5.91 Å². The molecule has 31 heavy (non-hydrogen) atoms. The van der Waals surface area contributed by atoms with Crippen LogP contribution in [0.1, 0.15) is 28.8 Å². The lowest BCUT2D eigenvalue weighted by molar-refractivity contribution is 0.0951. The van der Waals surface area contributed by atoms with Crippen molar-refractivity contribution in [1.29, 1.82) is 0 Å². The van der Waals surface area contributed by atoms with Gasteiger partial charge in [-0.1, -0.05) is 30.3 Å².